The van der Waals surface area contributed by atoms with Gasteiger partial charge in [0.05, 0.1) is 18.3 Å². The predicted molar refractivity (Wildman–Crippen MR) is 127 cm³/mol. The first-order valence-electron chi connectivity index (χ1n) is 10.3. The Morgan fingerprint density at radius 2 is 1.53 bits per heavy atom. The molecule has 0 aliphatic heterocycles. The molecule has 6 rings (SSSR count). The summed E-state index contributed by atoms with van der Waals surface area (Å²) < 4.78 is 10.5. The summed E-state index contributed by atoms with van der Waals surface area (Å²) in [4.78, 5) is 12.0. The fraction of sp³-hybridized carbons (Fsp3) is 0.0370. The number of fused-ring (bicyclic) bond motifs is 3. The largest absolute Gasteiger partial charge is 0.490 e. The summed E-state index contributed by atoms with van der Waals surface area (Å²) in [7, 11) is 1.46. The van der Waals surface area contributed by atoms with E-state index >= 15 is 0 Å². The fourth-order valence-electron chi connectivity index (χ4n) is 4.16. The van der Waals surface area contributed by atoms with Gasteiger partial charge in [-0.15, -0.1) is 0 Å². The summed E-state index contributed by atoms with van der Waals surface area (Å²) in [6.45, 7) is 0. The number of rotatable bonds is 3. The highest BCUT2D eigenvalue weighted by Gasteiger charge is 2.12. The molecule has 154 valence electrons. The Balaban J connectivity index is 1.48. The zero-order valence-electron chi connectivity index (χ0n) is 17.3. The van der Waals surface area contributed by atoms with Crippen molar-refractivity contribution in [2.45, 2.75) is 0 Å². The molecule has 0 spiro atoms. The lowest BCUT2D eigenvalue weighted by molar-refractivity contribution is 0.385. The lowest BCUT2D eigenvalue weighted by atomic mass is 9.99. The van der Waals surface area contributed by atoms with Crippen molar-refractivity contribution in [3.63, 3.8) is 0 Å². The van der Waals surface area contributed by atoms with Gasteiger partial charge in [0.1, 0.15) is 5.58 Å². The Kier molecular flexibility index (Phi) is 4.08. The minimum Gasteiger partial charge on any atom is -0.490 e. The molecule has 1 N–H and O–H groups in total. The van der Waals surface area contributed by atoms with Crippen molar-refractivity contribution in [1.29, 1.82) is 0 Å². The molecule has 0 unspecified atom stereocenters. The van der Waals surface area contributed by atoms with Crippen molar-refractivity contribution >= 4 is 32.6 Å². The van der Waals surface area contributed by atoms with Crippen molar-refractivity contribution in [2.75, 3.05) is 7.11 Å². The van der Waals surface area contributed by atoms with E-state index in [-0.39, 0.29) is 5.75 Å². The fourth-order valence-corrected chi connectivity index (χ4v) is 4.16. The van der Waals surface area contributed by atoms with E-state index in [2.05, 4.69) is 46.6 Å². The van der Waals surface area contributed by atoms with Crippen LogP contribution in [-0.4, -0.2) is 17.3 Å². The van der Waals surface area contributed by atoms with E-state index in [0.29, 0.717) is 5.58 Å². The SMILES string of the molecule is COc1cc2ccc(-c3ccc4[nH]nc(-c5ccc6ccccc6c5)c4c3)cc2oc1=O. The van der Waals surface area contributed by atoms with Gasteiger partial charge in [-0.25, -0.2) is 4.79 Å². The first kappa shape index (κ1) is 18.4. The summed E-state index contributed by atoms with van der Waals surface area (Å²) in [5.41, 5.74) is 4.94. The molecule has 2 heterocycles. The van der Waals surface area contributed by atoms with E-state index in [1.54, 1.807) is 6.07 Å². The molecule has 0 aliphatic carbocycles. The number of hydrogen-bond donors (Lipinski definition) is 1. The second-order valence-corrected chi connectivity index (χ2v) is 7.75. The Labute approximate surface area is 182 Å². The van der Waals surface area contributed by atoms with Gasteiger partial charge < -0.3 is 9.15 Å². The molecule has 4 aromatic carbocycles. The maximum absolute atomic E-state index is 12.0. The van der Waals surface area contributed by atoms with Gasteiger partial charge >= 0.3 is 5.63 Å². The van der Waals surface area contributed by atoms with Crippen molar-refractivity contribution in [3.05, 3.63) is 95.3 Å². The van der Waals surface area contributed by atoms with E-state index < -0.39 is 5.63 Å². The average Bonchev–Trinajstić information content (AvgIpc) is 3.26. The van der Waals surface area contributed by atoms with E-state index in [1.807, 2.05) is 42.5 Å². The molecular weight excluding hydrogens is 400 g/mol. The molecule has 0 bridgehead atoms. The van der Waals surface area contributed by atoms with Crippen molar-refractivity contribution < 1.29 is 9.15 Å². The molecule has 2 aromatic heterocycles. The van der Waals surface area contributed by atoms with Crippen LogP contribution in [0, 0.1) is 0 Å². The van der Waals surface area contributed by atoms with Crippen LogP contribution in [0.5, 0.6) is 5.75 Å². The zero-order valence-corrected chi connectivity index (χ0v) is 17.3. The molecule has 32 heavy (non-hydrogen) atoms. The van der Waals surface area contributed by atoms with E-state index in [0.717, 1.165) is 38.7 Å². The van der Waals surface area contributed by atoms with E-state index in [4.69, 9.17) is 9.15 Å². The molecular formula is C27H18N2O3. The van der Waals surface area contributed by atoms with Gasteiger partial charge in [0.2, 0.25) is 5.75 Å². The van der Waals surface area contributed by atoms with Crippen LogP contribution >= 0.6 is 0 Å². The highest BCUT2D eigenvalue weighted by molar-refractivity contribution is 5.98. The van der Waals surface area contributed by atoms with Crippen LogP contribution in [0.15, 0.2) is 94.1 Å². The Hall–Kier alpha value is -4.38. The Morgan fingerprint density at radius 1 is 0.781 bits per heavy atom. The second-order valence-electron chi connectivity index (χ2n) is 7.75. The van der Waals surface area contributed by atoms with Gasteiger partial charge in [-0.05, 0) is 52.2 Å². The van der Waals surface area contributed by atoms with Crippen LogP contribution < -0.4 is 10.4 Å². The number of methoxy groups -OCH3 is 1. The molecule has 6 aromatic rings. The van der Waals surface area contributed by atoms with E-state index in [9.17, 15) is 4.79 Å². The first-order chi connectivity index (χ1) is 15.7. The van der Waals surface area contributed by atoms with Crippen LogP contribution in [0.4, 0.5) is 0 Å². The van der Waals surface area contributed by atoms with Gasteiger partial charge in [0.25, 0.3) is 0 Å². The summed E-state index contributed by atoms with van der Waals surface area (Å²) in [6.07, 6.45) is 0. The molecule has 0 saturated carbocycles. The van der Waals surface area contributed by atoms with Crippen LogP contribution in [0.25, 0.3) is 55.0 Å². The van der Waals surface area contributed by atoms with Crippen molar-refractivity contribution in [1.82, 2.24) is 10.2 Å². The molecule has 0 amide bonds. The van der Waals surface area contributed by atoms with Gasteiger partial charge in [0.15, 0.2) is 0 Å². The lowest BCUT2D eigenvalue weighted by Gasteiger charge is -2.06. The molecule has 5 nitrogen and oxygen atoms in total. The third-order valence-corrected chi connectivity index (χ3v) is 5.84. The Morgan fingerprint density at radius 3 is 2.41 bits per heavy atom. The topological polar surface area (TPSA) is 68.1 Å². The van der Waals surface area contributed by atoms with Crippen LogP contribution in [0.2, 0.25) is 0 Å². The van der Waals surface area contributed by atoms with Crippen LogP contribution in [-0.2, 0) is 0 Å². The van der Waals surface area contributed by atoms with Crippen LogP contribution in [0.1, 0.15) is 0 Å². The molecule has 0 radical (unpaired) electrons. The maximum Gasteiger partial charge on any atom is 0.379 e. The van der Waals surface area contributed by atoms with Crippen molar-refractivity contribution in [2.24, 2.45) is 0 Å². The third kappa shape index (κ3) is 2.94. The smallest absolute Gasteiger partial charge is 0.379 e. The number of aromatic amines is 1. The number of nitrogens with one attached hydrogen (secondary N) is 1. The molecule has 0 saturated heterocycles. The molecule has 0 fully saturated rings. The van der Waals surface area contributed by atoms with Gasteiger partial charge in [-0.2, -0.15) is 5.10 Å². The number of nitrogens with zero attached hydrogens (tertiary/aromatic N) is 1. The van der Waals surface area contributed by atoms with Gasteiger partial charge in [-0.3, -0.25) is 5.10 Å². The maximum atomic E-state index is 12.0. The predicted octanol–water partition coefficient (Wildman–Crippen LogP) is 6.17. The minimum atomic E-state index is -0.485. The highest BCUT2D eigenvalue weighted by Crippen LogP contribution is 2.33. The normalized spacial score (nSPS) is 11.4. The van der Waals surface area contributed by atoms with Crippen molar-refractivity contribution in [3.8, 4) is 28.1 Å². The summed E-state index contributed by atoms with van der Waals surface area (Å²) in [5.74, 6) is 0.199. The summed E-state index contributed by atoms with van der Waals surface area (Å²) in [6, 6.07) is 28.4. The molecule has 0 atom stereocenters. The monoisotopic (exact) mass is 418 g/mol. The third-order valence-electron chi connectivity index (χ3n) is 5.84. The summed E-state index contributed by atoms with van der Waals surface area (Å²) >= 11 is 0. The summed E-state index contributed by atoms with van der Waals surface area (Å²) in [5, 5.41) is 12.0. The minimum absolute atomic E-state index is 0.199. The number of benzene rings is 4. The average molecular weight is 418 g/mol. The lowest BCUT2D eigenvalue weighted by Crippen LogP contribution is -2.02. The number of H-pyrrole nitrogens is 1. The standard InChI is InChI=1S/C27H18N2O3/c1-31-25-15-20-8-7-19(14-24(20)32-27(25)30)18-10-11-23-22(13-18)26(29-28-23)21-9-6-16-4-2-3-5-17(16)12-21/h2-15H,1H3,(H,28,29). The van der Waals surface area contributed by atoms with Crippen LogP contribution in [0.3, 0.4) is 0 Å². The molecule has 5 heteroatoms. The number of ether oxygens (including phenoxy) is 1. The quantitative estimate of drug-likeness (QED) is 0.349. The first-order valence-corrected chi connectivity index (χ1v) is 10.3. The zero-order chi connectivity index (χ0) is 21.7. The number of aromatic nitrogens is 2. The molecule has 0 aliphatic rings. The second kappa shape index (κ2) is 7.10. The Bertz CT molecular complexity index is 1690. The van der Waals surface area contributed by atoms with Gasteiger partial charge in [0, 0.05) is 16.3 Å². The van der Waals surface area contributed by atoms with E-state index in [1.165, 1.54) is 17.9 Å². The van der Waals surface area contributed by atoms with Gasteiger partial charge in [-0.1, -0.05) is 54.6 Å². The highest BCUT2D eigenvalue weighted by atomic mass is 16.5. The number of hydrogen-bond acceptors (Lipinski definition) is 4.